The average molecular weight is 276 g/mol. The molecule has 2 aromatic carbocycles. The predicted molar refractivity (Wildman–Crippen MR) is 87.5 cm³/mol. The van der Waals surface area contributed by atoms with E-state index in [9.17, 15) is 0 Å². The van der Waals surface area contributed by atoms with Crippen molar-refractivity contribution in [3.05, 3.63) is 71.0 Å². The monoisotopic (exact) mass is 276 g/mol. The first kappa shape index (κ1) is 13.7. The Kier molecular flexibility index (Phi) is 3.96. The molecular weight excluding hydrogens is 256 g/mol. The Bertz CT molecular complexity index is 745. The molecule has 1 heterocycles. The van der Waals surface area contributed by atoms with Gasteiger partial charge in [0.2, 0.25) is 0 Å². The molecule has 0 aliphatic carbocycles. The van der Waals surface area contributed by atoms with E-state index in [1.165, 1.54) is 21.9 Å². The highest BCUT2D eigenvalue weighted by molar-refractivity contribution is 5.86. The third kappa shape index (κ3) is 2.94. The molecule has 3 aromatic rings. The van der Waals surface area contributed by atoms with E-state index in [1.54, 1.807) is 0 Å². The van der Waals surface area contributed by atoms with E-state index in [-0.39, 0.29) is 0 Å². The van der Waals surface area contributed by atoms with Crippen LogP contribution in [0, 0.1) is 6.92 Å². The molecule has 0 atom stereocenters. The van der Waals surface area contributed by atoms with Gasteiger partial charge in [-0.05, 0) is 18.9 Å². The number of fused-ring (bicyclic) bond motifs is 1. The lowest BCUT2D eigenvalue weighted by Gasteiger charge is -2.09. The van der Waals surface area contributed by atoms with Gasteiger partial charge in [0.15, 0.2) is 0 Å². The van der Waals surface area contributed by atoms with Gasteiger partial charge in [0.05, 0.1) is 11.4 Å². The molecule has 0 saturated heterocycles. The molecule has 2 heteroatoms. The summed E-state index contributed by atoms with van der Waals surface area (Å²) in [5, 5.41) is 11.4. The molecule has 0 N–H and O–H groups in total. The van der Waals surface area contributed by atoms with Gasteiger partial charge in [-0.1, -0.05) is 67.4 Å². The van der Waals surface area contributed by atoms with Crippen LogP contribution in [0.5, 0.6) is 0 Å². The lowest BCUT2D eigenvalue weighted by Crippen LogP contribution is -2.01. The maximum Gasteiger partial charge on any atom is 0.0753 e. The molecule has 106 valence electrons. The van der Waals surface area contributed by atoms with E-state index < -0.39 is 0 Å². The number of benzene rings is 2. The van der Waals surface area contributed by atoms with Gasteiger partial charge < -0.3 is 0 Å². The van der Waals surface area contributed by atoms with Gasteiger partial charge in [-0.3, -0.25) is 0 Å². The fraction of sp³-hybridized carbons (Fsp3) is 0.263. The van der Waals surface area contributed by atoms with E-state index in [2.05, 4.69) is 72.6 Å². The molecule has 0 aliphatic rings. The molecule has 0 bridgehead atoms. The summed E-state index contributed by atoms with van der Waals surface area (Å²) in [6.07, 6.45) is 2.91. The van der Waals surface area contributed by atoms with Crippen molar-refractivity contribution in [1.29, 1.82) is 0 Å². The summed E-state index contributed by atoms with van der Waals surface area (Å²) in [6, 6.07) is 17.1. The summed E-state index contributed by atoms with van der Waals surface area (Å²) in [7, 11) is 0. The largest absolute Gasteiger partial charge is 0.155 e. The van der Waals surface area contributed by atoms with Gasteiger partial charge in [0, 0.05) is 17.2 Å². The lowest BCUT2D eigenvalue weighted by molar-refractivity contribution is 0.835. The molecule has 3 rings (SSSR count). The Morgan fingerprint density at radius 1 is 0.810 bits per heavy atom. The van der Waals surface area contributed by atoms with E-state index >= 15 is 0 Å². The molecule has 0 spiro atoms. The Hall–Kier alpha value is -2.22. The second-order valence-corrected chi connectivity index (χ2v) is 5.55. The number of nitrogens with zero attached hydrogens (tertiary/aromatic N) is 2. The van der Waals surface area contributed by atoms with Crippen LogP contribution in [0.3, 0.4) is 0 Å². The second kappa shape index (κ2) is 6.04. The van der Waals surface area contributed by atoms with Crippen LogP contribution in [0.2, 0.25) is 0 Å². The summed E-state index contributed by atoms with van der Waals surface area (Å²) < 4.78 is 0. The highest BCUT2D eigenvalue weighted by Crippen LogP contribution is 2.22. The maximum absolute atomic E-state index is 4.49. The van der Waals surface area contributed by atoms with Crippen LogP contribution in [0.25, 0.3) is 10.8 Å². The van der Waals surface area contributed by atoms with Crippen molar-refractivity contribution in [2.75, 3.05) is 0 Å². The lowest BCUT2D eigenvalue weighted by atomic mass is 10.0. The van der Waals surface area contributed by atoms with Crippen molar-refractivity contribution in [2.24, 2.45) is 0 Å². The Morgan fingerprint density at radius 3 is 2.10 bits per heavy atom. The first-order chi connectivity index (χ1) is 10.3. The van der Waals surface area contributed by atoms with Crippen molar-refractivity contribution >= 4 is 10.8 Å². The number of hydrogen-bond acceptors (Lipinski definition) is 2. The Morgan fingerprint density at radius 2 is 1.43 bits per heavy atom. The molecule has 2 nitrogen and oxygen atoms in total. The van der Waals surface area contributed by atoms with Crippen molar-refractivity contribution in [1.82, 2.24) is 10.2 Å². The number of aryl methyl sites for hydroxylation is 2. The average Bonchev–Trinajstić information content (AvgIpc) is 2.52. The van der Waals surface area contributed by atoms with Crippen LogP contribution in [0.1, 0.15) is 35.9 Å². The summed E-state index contributed by atoms with van der Waals surface area (Å²) >= 11 is 0. The van der Waals surface area contributed by atoms with Crippen molar-refractivity contribution in [3.63, 3.8) is 0 Å². The first-order valence-corrected chi connectivity index (χ1v) is 7.56. The first-order valence-electron chi connectivity index (χ1n) is 7.56. The normalized spacial score (nSPS) is 11.0. The minimum absolute atomic E-state index is 0.834. The zero-order valence-electron chi connectivity index (χ0n) is 12.6. The zero-order valence-corrected chi connectivity index (χ0v) is 12.6. The summed E-state index contributed by atoms with van der Waals surface area (Å²) in [4.78, 5) is 0. The molecule has 0 fully saturated rings. The van der Waals surface area contributed by atoms with E-state index in [0.717, 1.165) is 30.7 Å². The van der Waals surface area contributed by atoms with Crippen LogP contribution in [0.4, 0.5) is 0 Å². The van der Waals surface area contributed by atoms with Crippen molar-refractivity contribution in [3.8, 4) is 0 Å². The second-order valence-electron chi connectivity index (χ2n) is 5.55. The third-order valence-corrected chi connectivity index (χ3v) is 3.82. The highest BCUT2D eigenvalue weighted by Gasteiger charge is 2.09. The minimum Gasteiger partial charge on any atom is -0.155 e. The Balaban J connectivity index is 2.03. The van der Waals surface area contributed by atoms with Gasteiger partial charge >= 0.3 is 0 Å². The highest BCUT2D eigenvalue weighted by atomic mass is 15.1. The molecule has 0 aliphatic heterocycles. The quantitative estimate of drug-likeness (QED) is 0.702. The molecule has 0 amide bonds. The summed E-state index contributed by atoms with van der Waals surface area (Å²) in [5.41, 5.74) is 4.74. The molecule has 1 aromatic heterocycles. The molecule has 0 radical (unpaired) electrons. The van der Waals surface area contributed by atoms with Crippen LogP contribution < -0.4 is 0 Å². The SMILES string of the molecule is CCCc1nnc(Cc2ccc(C)cc2)c2ccccc12. The van der Waals surface area contributed by atoms with Crippen molar-refractivity contribution in [2.45, 2.75) is 33.1 Å². The predicted octanol–water partition coefficient (Wildman–Crippen LogP) is 4.48. The van der Waals surface area contributed by atoms with E-state index in [0.29, 0.717) is 0 Å². The number of aromatic nitrogens is 2. The smallest absolute Gasteiger partial charge is 0.0753 e. The number of rotatable bonds is 4. The molecular formula is C19H20N2. The van der Waals surface area contributed by atoms with E-state index in [1.807, 2.05) is 0 Å². The van der Waals surface area contributed by atoms with Gasteiger partial charge in [-0.15, -0.1) is 0 Å². The summed E-state index contributed by atoms with van der Waals surface area (Å²) in [6.45, 7) is 4.29. The summed E-state index contributed by atoms with van der Waals surface area (Å²) in [5.74, 6) is 0. The van der Waals surface area contributed by atoms with Gasteiger partial charge in [0.1, 0.15) is 0 Å². The third-order valence-electron chi connectivity index (χ3n) is 3.82. The fourth-order valence-corrected chi connectivity index (χ4v) is 2.67. The van der Waals surface area contributed by atoms with Gasteiger partial charge in [-0.25, -0.2) is 0 Å². The van der Waals surface area contributed by atoms with Crippen LogP contribution in [0.15, 0.2) is 48.5 Å². The molecule has 0 unspecified atom stereocenters. The van der Waals surface area contributed by atoms with Crippen molar-refractivity contribution < 1.29 is 0 Å². The maximum atomic E-state index is 4.49. The topological polar surface area (TPSA) is 25.8 Å². The fourth-order valence-electron chi connectivity index (χ4n) is 2.67. The molecule has 21 heavy (non-hydrogen) atoms. The van der Waals surface area contributed by atoms with Gasteiger partial charge in [0.25, 0.3) is 0 Å². The van der Waals surface area contributed by atoms with Crippen LogP contribution in [-0.2, 0) is 12.8 Å². The van der Waals surface area contributed by atoms with E-state index in [4.69, 9.17) is 0 Å². The standard InChI is InChI=1S/C19H20N2/c1-3-6-18-16-7-4-5-8-17(16)19(21-20-18)13-15-11-9-14(2)10-12-15/h4-5,7-12H,3,6,13H2,1-2H3. The van der Waals surface area contributed by atoms with Crippen LogP contribution >= 0.6 is 0 Å². The Labute approximate surface area is 125 Å². The minimum atomic E-state index is 0.834. The molecule has 0 saturated carbocycles. The van der Waals surface area contributed by atoms with Gasteiger partial charge in [-0.2, -0.15) is 10.2 Å². The zero-order chi connectivity index (χ0) is 14.7. The number of hydrogen-bond donors (Lipinski definition) is 0. The van der Waals surface area contributed by atoms with Crippen LogP contribution in [-0.4, -0.2) is 10.2 Å².